The zero-order valence-electron chi connectivity index (χ0n) is 12.2. The highest BCUT2D eigenvalue weighted by molar-refractivity contribution is 5.81. The van der Waals surface area contributed by atoms with Crippen LogP contribution in [-0.4, -0.2) is 35.6 Å². The Labute approximate surface area is 121 Å². The third kappa shape index (κ3) is 3.35. The fourth-order valence-corrected chi connectivity index (χ4v) is 2.95. The van der Waals surface area contributed by atoms with E-state index in [4.69, 9.17) is 0 Å². The SMILES string of the molecule is CC(CN1CCCC1)NCc1ccc2cnccc2c1. The van der Waals surface area contributed by atoms with Crippen molar-refractivity contribution in [3.63, 3.8) is 0 Å². The number of aromatic nitrogens is 1. The van der Waals surface area contributed by atoms with Gasteiger partial charge < -0.3 is 10.2 Å². The summed E-state index contributed by atoms with van der Waals surface area (Å²) in [5.41, 5.74) is 1.34. The van der Waals surface area contributed by atoms with Gasteiger partial charge in [0.2, 0.25) is 0 Å². The van der Waals surface area contributed by atoms with Gasteiger partial charge in [-0.3, -0.25) is 4.98 Å². The van der Waals surface area contributed by atoms with Gasteiger partial charge in [-0.15, -0.1) is 0 Å². The predicted molar refractivity (Wildman–Crippen MR) is 83.7 cm³/mol. The van der Waals surface area contributed by atoms with Crippen LogP contribution in [0.5, 0.6) is 0 Å². The molecule has 20 heavy (non-hydrogen) atoms. The first-order chi connectivity index (χ1) is 9.81. The van der Waals surface area contributed by atoms with Crippen LogP contribution in [0.2, 0.25) is 0 Å². The van der Waals surface area contributed by atoms with E-state index in [-0.39, 0.29) is 0 Å². The molecule has 3 heteroatoms. The van der Waals surface area contributed by atoms with E-state index in [1.807, 2.05) is 12.4 Å². The molecular formula is C17H23N3. The lowest BCUT2D eigenvalue weighted by atomic mass is 10.1. The summed E-state index contributed by atoms with van der Waals surface area (Å²) in [4.78, 5) is 6.71. The summed E-state index contributed by atoms with van der Waals surface area (Å²) in [5, 5.41) is 6.11. The molecule has 0 aliphatic carbocycles. The lowest BCUT2D eigenvalue weighted by Crippen LogP contribution is -2.37. The Bertz CT molecular complexity index is 561. The Hall–Kier alpha value is -1.45. The topological polar surface area (TPSA) is 28.2 Å². The highest BCUT2D eigenvalue weighted by Gasteiger charge is 2.14. The lowest BCUT2D eigenvalue weighted by molar-refractivity contribution is 0.298. The molecule has 106 valence electrons. The molecule has 3 rings (SSSR count). The van der Waals surface area contributed by atoms with Gasteiger partial charge >= 0.3 is 0 Å². The maximum absolute atomic E-state index is 4.15. The largest absolute Gasteiger partial charge is 0.309 e. The standard InChI is InChI=1S/C17H23N3/c1-14(13-20-8-2-3-9-20)19-11-15-4-5-17-12-18-7-6-16(17)10-15/h4-7,10,12,14,19H,2-3,8-9,11,13H2,1H3. The summed E-state index contributed by atoms with van der Waals surface area (Å²) in [7, 11) is 0. The normalized spacial score (nSPS) is 17.6. The van der Waals surface area contributed by atoms with E-state index >= 15 is 0 Å². The molecule has 0 bridgehead atoms. The fourth-order valence-electron chi connectivity index (χ4n) is 2.95. The number of pyridine rings is 1. The van der Waals surface area contributed by atoms with Gasteiger partial charge in [-0.25, -0.2) is 0 Å². The summed E-state index contributed by atoms with van der Waals surface area (Å²) in [6, 6.07) is 9.23. The first-order valence-corrected chi connectivity index (χ1v) is 7.60. The van der Waals surface area contributed by atoms with Crippen LogP contribution in [0.1, 0.15) is 25.3 Å². The molecule has 1 aliphatic heterocycles. The first-order valence-electron chi connectivity index (χ1n) is 7.60. The number of nitrogens with zero attached hydrogens (tertiary/aromatic N) is 2. The van der Waals surface area contributed by atoms with Crippen LogP contribution in [0.25, 0.3) is 10.8 Å². The zero-order valence-corrected chi connectivity index (χ0v) is 12.2. The minimum Gasteiger partial charge on any atom is -0.309 e. The molecule has 2 heterocycles. The van der Waals surface area contributed by atoms with Gasteiger partial charge in [-0.1, -0.05) is 12.1 Å². The predicted octanol–water partition coefficient (Wildman–Crippen LogP) is 2.81. The van der Waals surface area contributed by atoms with Gasteiger partial charge in [0, 0.05) is 36.9 Å². The van der Waals surface area contributed by atoms with Crippen LogP contribution < -0.4 is 5.32 Å². The van der Waals surface area contributed by atoms with Gasteiger partial charge in [-0.05, 0) is 55.9 Å². The molecule has 1 aromatic carbocycles. The monoisotopic (exact) mass is 269 g/mol. The fraction of sp³-hybridized carbons (Fsp3) is 0.471. The minimum atomic E-state index is 0.543. The Kier molecular flexibility index (Phi) is 4.28. The quantitative estimate of drug-likeness (QED) is 0.904. The van der Waals surface area contributed by atoms with Crippen molar-refractivity contribution >= 4 is 10.8 Å². The molecular weight excluding hydrogens is 246 g/mol. The maximum Gasteiger partial charge on any atom is 0.0346 e. The summed E-state index contributed by atoms with van der Waals surface area (Å²) < 4.78 is 0. The second-order valence-electron chi connectivity index (χ2n) is 5.85. The van der Waals surface area contributed by atoms with Crippen molar-refractivity contribution in [1.29, 1.82) is 0 Å². The molecule has 1 atom stereocenters. The van der Waals surface area contributed by atoms with E-state index in [0.717, 1.165) is 13.1 Å². The van der Waals surface area contributed by atoms with E-state index in [1.165, 1.54) is 42.3 Å². The van der Waals surface area contributed by atoms with Gasteiger partial charge in [0.25, 0.3) is 0 Å². The Morgan fingerprint density at radius 1 is 1.20 bits per heavy atom. The van der Waals surface area contributed by atoms with Crippen molar-refractivity contribution in [2.24, 2.45) is 0 Å². The summed E-state index contributed by atoms with van der Waals surface area (Å²) in [6.45, 7) is 6.93. The molecule has 1 N–H and O–H groups in total. The highest BCUT2D eigenvalue weighted by Crippen LogP contribution is 2.14. The van der Waals surface area contributed by atoms with Gasteiger partial charge in [-0.2, -0.15) is 0 Å². The molecule has 2 aromatic rings. The van der Waals surface area contributed by atoms with E-state index < -0.39 is 0 Å². The van der Waals surface area contributed by atoms with Gasteiger partial charge in [0.05, 0.1) is 0 Å². The number of rotatable bonds is 5. The number of fused-ring (bicyclic) bond motifs is 1. The highest BCUT2D eigenvalue weighted by atomic mass is 15.2. The Balaban J connectivity index is 1.56. The summed E-state index contributed by atoms with van der Waals surface area (Å²) in [5.74, 6) is 0. The number of hydrogen-bond donors (Lipinski definition) is 1. The number of nitrogens with one attached hydrogen (secondary N) is 1. The molecule has 0 radical (unpaired) electrons. The Morgan fingerprint density at radius 3 is 2.90 bits per heavy atom. The third-order valence-corrected chi connectivity index (χ3v) is 4.09. The molecule has 0 saturated carbocycles. The van der Waals surface area contributed by atoms with Crippen molar-refractivity contribution in [3.05, 3.63) is 42.2 Å². The average molecular weight is 269 g/mol. The van der Waals surface area contributed by atoms with Gasteiger partial charge in [0.15, 0.2) is 0 Å². The van der Waals surface area contributed by atoms with E-state index in [2.05, 4.69) is 46.4 Å². The molecule has 1 fully saturated rings. The summed E-state index contributed by atoms with van der Waals surface area (Å²) >= 11 is 0. The van der Waals surface area contributed by atoms with E-state index in [1.54, 1.807) is 0 Å². The van der Waals surface area contributed by atoms with E-state index in [9.17, 15) is 0 Å². The number of benzene rings is 1. The smallest absolute Gasteiger partial charge is 0.0346 e. The zero-order chi connectivity index (χ0) is 13.8. The minimum absolute atomic E-state index is 0.543. The molecule has 1 aliphatic rings. The van der Waals surface area contributed by atoms with Crippen LogP contribution in [0.15, 0.2) is 36.7 Å². The molecule has 3 nitrogen and oxygen atoms in total. The van der Waals surface area contributed by atoms with Crippen molar-refractivity contribution in [2.75, 3.05) is 19.6 Å². The van der Waals surface area contributed by atoms with Crippen LogP contribution in [-0.2, 0) is 6.54 Å². The van der Waals surface area contributed by atoms with Crippen LogP contribution in [0.3, 0.4) is 0 Å². The Morgan fingerprint density at radius 2 is 2.05 bits per heavy atom. The van der Waals surface area contributed by atoms with Crippen LogP contribution >= 0.6 is 0 Å². The van der Waals surface area contributed by atoms with Crippen molar-refractivity contribution in [2.45, 2.75) is 32.4 Å². The van der Waals surface area contributed by atoms with Crippen LogP contribution in [0, 0.1) is 0 Å². The molecule has 0 spiro atoms. The second-order valence-corrected chi connectivity index (χ2v) is 5.85. The van der Waals surface area contributed by atoms with Crippen LogP contribution in [0.4, 0.5) is 0 Å². The van der Waals surface area contributed by atoms with Crippen molar-refractivity contribution in [1.82, 2.24) is 15.2 Å². The number of likely N-dealkylation sites (tertiary alicyclic amines) is 1. The third-order valence-electron chi connectivity index (χ3n) is 4.09. The van der Waals surface area contributed by atoms with Crippen molar-refractivity contribution in [3.8, 4) is 0 Å². The maximum atomic E-state index is 4.15. The van der Waals surface area contributed by atoms with Crippen molar-refractivity contribution < 1.29 is 0 Å². The molecule has 0 amide bonds. The number of hydrogen-bond acceptors (Lipinski definition) is 3. The second kappa shape index (κ2) is 6.33. The average Bonchev–Trinajstić information content (AvgIpc) is 2.98. The molecule has 1 aromatic heterocycles. The molecule has 1 saturated heterocycles. The van der Waals surface area contributed by atoms with Gasteiger partial charge in [0.1, 0.15) is 0 Å². The molecule has 1 unspecified atom stereocenters. The summed E-state index contributed by atoms with van der Waals surface area (Å²) in [6.07, 6.45) is 6.51. The first kappa shape index (κ1) is 13.5. The lowest BCUT2D eigenvalue weighted by Gasteiger charge is -2.21. The van der Waals surface area contributed by atoms with E-state index in [0.29, 0.717) is 6.04 Å².